The van der Waals surface area contributed by atoms with Gasteiger partial charge in [0.2, 0.25) is 0 Å². The van der Waals surface area contributed by atoms with E-state index in [0.29, 0.717) is 11.4 Å². The number of benzene rings is 1. The predicted molar refractivity (Wildman–Crippen MR) is 73.2 cm³/mol. The normalized spacial score (nSPS) is 9.90. The number of hydrogen-bond donors (Lipinski definition) is 3. The number of urea groups is 1. The van der Waals surface area contributed by atoms with Crippen LogP contribution in [0.4, 0.5) is 20.7 Å². The predicted octanol–water partition coefficient (Wildman–Crippen LogP) is 2.35. The Labute approximate surface area is 114 Å². The van der Waals surface area contributed by atoms with Crippen LogP contribution in [0.5, 0.6) is 11.5 Å². The van der Waals surface area contributed by atoms with Gasteiger partial charge in [-0.15, -0.1) is 0 Å². The van der Waals surface area contributed by atoms with Crippen molar-refractivity contribution in [1.29, 1.82) is 0 Å². The Balaban J connectivity index is 2.17. The smallest absolute Gasteiger partial charge is 0.320 e. The number of carbonyl (C=O) groups is 1. The first-order chi connectivity index (χ1) is 9.58. The van der Waals surface area contributed by atoms with Crippen LogP contribution in [0.2, 0.25) is 0 Å². The average Bonchev–Trinajstić information content (AvgIpc) is 2.42. The van der Waals surface area contributed by atoms with Gasteiger partial charge in [0, 0.05) is 31.1 Å². The first-order valence-corrected chi connectivity index (χ1v) is 5.76. The van der Waals surface area contributed by atoms with Gasteiger partial charge in [-0.3, -0.25) is 5.32 Å². The molecule has 2 aromatic rings. The third-order valence-corrected chi connectivity index (χ3v) is 2.38. The molecule has 0 spiro atoms. The molecule has 7 heteroatoms. The second-order valence-corrected chi connectivity index (χ2v) is 3.87. The Morgan fingerprint density at radius 2 is 2.15 bits per heavy atom. The van der Waals surface area contributed by atoms with Crippen LogP contribution in [-0.4, -0.2) is 18.1 Å². The zero-order valence-corrected chi connectivity index (χ0v) is 10.7. The lowest BCUT2D eigenvalue weighted by atomic mass is 10.3. The highest BCUT2D eigenvalue weighted by molar-refractivity contribution is 5.88. The number of nitrogens with two attached hydrogens (primary N) is 1. The first-order valence-electron chi connectivity index (χ1n) is 5.76. The molecule has 0 unspecified atom stereocenters. The SMILES string of the molecule is CNC(=O)Nc1cc(Oc2ccc(N)cc2F)ccn1. The van der Waals surface area contributed by atoms with E-state index in [1.165, 1.54) is 37.5 Å². The molecule has 1 aromatic carbocycles. The van der Waals surface area contributed by atoms with Crippen molar-refractivity contribution in [1.82, 2.24) is 10.3 Å². The topological polar surface area (TPSA) is 89.3 Å². The second-order valence-electron chi connectivity index (χ2n) is 3.87. The molecule has 2 amide bonds. The Morgan fingerprint density at radius 1 is 1.35 bits per heavy atom. The lowest BCUT2D eigenvalue weighted by Gasteiger charge is -2.09. The van der Waals surface area contributed by atoms with Crippen LogP contribution in [0.1, 0.15) is 0 Å². The quantitative estimate of drug-likeness (QED) is 0.751. The maximum absolute atomic E-state index is 13.6. The van der Waals surface area contributed by atoms with Crippen molar-refractivity contribution in [2.75, 3.05) is 18.1 Å². The van der Waals surface area contributed by atoms with Gasteiger partial charge in [-0.2, -0.15) is 0 Å². The van der Waals surface area contributed by atoms with Crippen LogP contribution in [0.3, 0.4) is 0 Å². The molecule has 0 aliphatic rings. The molecule has 1 heterocycles. The van der Waals surface area contributed by atoms with Gasteiger partial charge in [-0.25, -0.2) is 14.2 Å². The zero-order valence-electron chi connectivity index (χ0n) is 10.7. The maximum atomic E-state index is 13.6. The molecule has 2 rings (SSSR count). The number of anilines is 2. The summed E-state index contributed by atoms with van der Waals surface area (Å²) in [6.07, 6.45) is 1.44. The van der Waals surface area contributed by atoms with Crippen molar-refractivity contribution in [3.05, 3.63) is 42.3 Å². The number of ether oxygens (including phenoxy) is 1. The molecule has 0 bridgehead atoms. The Hall–Kier alpha value is -2.83. The average molecular weight is 276 g/mol. The fourth-order valence-electron chi connectivity index (χ4n) is 1.45. The molecule has 0 saturated heterocycles. The molecule has 4 N–H and O–H groups in total. The van der Waals surface area contributed by atoms with E-state index >= 15 is 0 Å². The van der Waals surface area contributed by atoms with Crippen LogP contribution in [0.15, 0.2) is 36.5 Å². The third kappa shape index (κ3) is 3.35. The van der Waals surface area contributed by atoms with Gasteiger partial charge in [-0.1, -0.05) is 0 Å². The number of rotatable bonds is 3. The lowest BCUT2D eigenvalue weighted by molar-refractivity contribution is 0.254. The van der Waals surface area contributed by atoms with E-state index in [1.54, 1.807) is 6.07 Å². The van der Waals surface area contributed by atoms with Gasteiger partial charge in [0.05, 0.1) is 0 Å². The van der Waals surface area contributed by atoms with E-state index in [9.17, 15) is 9.18 Å². The van der Waals surface area contributed by atoms with Gasteiger partial charge in [0.1, 0.15) is 11.6 Å². The number of halogens is 1. The summed E-state index contributed by atoms with van der Waals surface area (Å²) in [6.45, 7) is 0. The lowest BCUT2D eigenvalue weighted by Crippen LogP contribution is -2.24. The summed E-state index contributed by atoms with van der Waals surface area (Å²) in [4.78, 5) is 15.1. The molecular weight excluding hydrogens is 263 g/mol. The Bertz CT molecular complexity index is 634. The molecule has 20 heavy (non-hydrogen) atoms. The van der Waals surface area contributed by atoms with Crippen molar-refractivity contribution < 1.29 is 13.9 Å². The number of pyridine rings is 1. The van der Waals surface area contributed by atoms with Crippen LogP contribution < -0.4 is 21.1 Å². The van der Waals surface area contributed by atoms with Crippen LogP contribution in [0, 0.1) is 5.82 Å². The van der Waals surface area contributed by atoms with Gasteiger partial charge >= 0.3 is 6.03 Å². The molecule has 6 nitrogen and oxygen atoms in total. The minimum atomic E-state index is -0.567. The van der Waals surface area contributed by atoms with Crippen molar-refractivity contribution in [3.63, 3.8) is 0 Å². The Morgan fingerprint density at radius 3 is 2.85 bits per heavy atom. The number of amides is 2. The molecular formula is C13H13FN4O2. The minimum Gasteiger partial charge on any atom is -0.454 e. The zero-order chi connectivity index (χ0) is 14.5. The van der Waals surface area contributed by atoms with Gasteiger partial charge < -0.3 is 15.8 Å². The molecule has 0 saturated carbocycles. The van der Waals surface area contributed by atoms with E-state index in [1.807, 2.05) is 0 Å². The number of aromatic nitrogens is 1. The third-order valence-electron chi connectivity index (χ3n) is 2.38. The van der Waals surface area contributed by atoms with Gasteiger partial charge in [0.25, 0.3) is 0 Å². The largest absolute Gasteiger partial charge is 0.454 e. The molecule has 0 radical (unpaired) electrons. The number of nitrogens with one attached hydrogen (secondary N) is 2. The fourth-order valence-corrected chi connectivity index (χ4v) is 1.45. The number of hydrogen-bond acceptors (Lipinski definition) is 4. The van der Waals surface area contributed by atoms with E-state index in [2.05, 4.69) is 15.6 Å². The minimum absolute atomic E-state index is 0.0382. The number of nitrogen functional groups attached to an aromatic ring is 1. The molecule has 0 fully saturated rings. The van der Waals surface area contributed by atoms with E-state index in [4.69, 9.17) is 10.5 Å². The van der Waals surface area contributed by atoms with Gasteiger partial charge in [-0.05, 0) is 18.2 Å². The first kappa shape index (κ1) is 13.6. The van der Waals surface area contributed by atoms with Gasteiger partial charge in [0.15, 0.2) is 11.6 Å². The molecule has 0 aliphatic heterocycles. The number of nitrogens with zero attached hydrogens (tertiary/aromatic N) is 1. The highest BCUT2D eigenvalue weighted by Crippen LogP contribution is 2.26. The van der Waals surface area contributed by atoms with Crippen molar-refractivity contribution >= 4 is 17.5 Å². The van der Waals surface area contributed by atoms with E-state index in [0.717, 1.165) is 0 Å². The molecule has 1 aromatic heterocycles. The summed E-state index contributed by atoms with van der Waals surface area (Å²) in [7, 11) is 1.49. The van der Waals surface area contributed by atoms with Crippen LogP contribution in [0.25, 0.3) is 0 Å². The monoisotopic (exact) mass is 276 g/mol. The van der Waals surface area contributed by atoms with Crippen molar-refractivity contribution in [2.45, 2.75) is 0 Å². The summed E-state index contributed by atoms with van der Waals surface area (Å²) >= 11 is 0. The summed E-state index contributed by atoms with van der Waals surface area (Å²) < 4.78 is 19.0. The number of carbonyl (C=O) groups excluding carboxylic acids is 1. The summed E-state index contributed by atoms with van der Waals surface area (Å²) in [5.74, 6) is 0.103. The fraction of sp³-hybridized carbons (Fsp3) is 0.0769. The second kappa shape index (κ2) is 5.87. The Kier molecular flexibility index (Phi) is 3.99. The van der Waals surface area contributed by atoms with Crippen LogP contribution in [-0.2, 0) is 0 Å². The molecule has 104 valence electrons. The summed E-state index contributed by atoms with van der Waals surface area (Å²) in [5, 5.41) is 4.88. The van der Waals surface area contributed by atoms with Crippen molar-refractivity contribution in [3.8, 4) is 11.5 Å². The van der Waals surface area contributed by atoms with Crippen molar-refractivity contribution in [2.24, 2.45) is 0 Å². The van der Waals surface area contributed by atoms with Crippen LogP contribution >= 0.6 is 0 Å². The maximum Gasteiger partial charge on any atom is 0.320 e. The summed E-state index contributed by atoms with van der Waals surface area (Å²) in [5.41, 5.74) is 5.77. The van der Waals surface area contributed by atoms with E-state index < -0.39 is 11.8 Å². The highest BCUT2D eigenvalue weighted by atomic mass is 19.1. The standard InChI is InChI=1S/C13H13FN4O2/c1-16-13(19)18-12-7-9(4-5-17-12)20-11-3-2-8(15)6-10(11)14/h2-7H,15H2,1H3,(H2,16,17,18,19). The van der Waals surface area contributed by atoms with E-state index in [-0.39, 0.29) is 11.6 Å². The molecule has 0 aliphatic carbocycles. The molecule has 0 atom stereocenters. The highest BCUT2D eigenvalue weighted by Gasteiger charge is 2.07. The summed E-state index contributed by atoms with van der Waals surface area (Å²) in [6, 6.07) is 6.74.